The number of hydrogen-bond donors (Lipinski definition) is 0. The summed E-state index contributed by atoms with van der Waals surface area (Å²) in [5.74, 6) is 1.45. The quantitative estimate of drug-likeness (QED) is 0.433. The second-order valence-corrected chi connectivity index (χ2v) is 3.07. The molecule has 0 fully saturated rings. The first-order valence-corrected chi connectivity index (χ1v) is 3.57. The fourth-order valence-corrected chi connectivity index (χ4v) is 1.29. The predicted octanol–water partition coefficient (Wildman–Crippen LogP) is 2.76. The summed E-state index contributed by atoms with van der Waals surface area (Å²) >= 11 is 0. The minimum Gasteiger partial charge on any atom is -0.123 e. The first kappa shape index (κ1) is 6.64. The Morgan fingerprint density at radius 3 is 1.44 bits per heavy atom. The predicted molar refractivity (Wildman–Crippen MR) is 40.2 cm³/mol. The molecule has 0 nitrogen and oxygen atoms in total. The van der Waals surface area contributed by atoms with Crippen LogP contribution >= 0.6 is 0 Å². The monoisotopic (exact) mass is 122 g/mol. The van der Waals surface area contributed by atoms with Gasteiger partial charge in [0.05, 0.1) is 0 Å². The molecular weight excluding hydrogens is 108 g/mol. The second-order valence-electron chi connectivity index (χ2n) is 3.07. The normalized spacial score (nSPS) is 34.2. The van der Waals surface area contributed by atoms with E-state index in [1.165, 1.54) is 11.1 Å². The van der Waals surface area contributed by atoms with Gasteiger partial charge in [-0.1, -0.05) is 13.8 Å². The Labute approximate surface area is 57.3 Å². The molecule has 0 bridgehead atoms. The van der Waals surface area contributed by atoms with Gasteiger partial charge in [-0.05, 0) is 36.8 Å². The summed E-state index contributed by atoms with van der Waals surface area (Å²) in [5.41, 5.74) is 6.18. The molecule has 0 aliphatic heterocycles. The number of rotatable bonds is 0. The van der Waals surface area contributed by atoms with E-state index in [2.05, 4.69) is 33.4 Å². The van der Waals surface area contributed by atoms with E-state index in [0.29, 0.717) is 0 Å². The molecule has 0 saturated heterocycles. The molecule has 2 unspecified atom stereocenters. The largest absolute Gasteiger partial charge is 0.123 e. The molecule has 0 spiro atoms. The first-order chi connectivity index (χ1) is 4.13. The van der Waals surface area contributed by atoms with Crippen LogP contribution in [0.25, 0.3) is 0 Å². The van der Waals surface area contributed by atoms with E-state index in [9.17, 15) is 0 Å². The molecule has 0 radical (unpaired) electrons. The summed E-state index contributed by atoms with van der Waals surface area (Å²) in [7, 11) is 0. The molecule has 0 heteroatoms. The van der Waals surface area contributed by atoms with E-state index >= 15 is 0 Å². The van der Waals surface area contributed by atoms with Gasteiger partial charge in [-0.3, -0.25) is 0 Å². The summed E-state index contributed by atoms with van der Waals surface area (Å²) in [4.78, 5) is 0. The Kier molecular flexibility index (Phi) is 1.50. The Hall–Kier alpha value is -0.480. The number of allylic oxidation sites excluding steroid dienone is 1. The molecule has 2 atom stereocenters. The summed E-state index contributed by atoms with van der Waals surface area (Å²) in [6.07, 6.45) is 0. The van der Waals surface area contributed by atoms with Crippen LogP contribution in [0.15, 0.2) is 16.9 Å². The van der Waals surface area contributed by atoms with Crippen molar-refractivity contribution in [2.24, 2.45) is 11.8 Å². The van der Waals surface area contributed by atoms with Gasteiger partial charge >= 0.3 is 0 Å². The van der Waals surface area contributed by atoms with Crippen molar-refractivity contribution in [2.45, 2.75) is 27.7 Å². The van der Waals surface area contributed by atoms with E-state index in [1.54, 1.807) is 0 Å². The summed E-state index contributed by atoms with van der Waals surface area (Å²) in [5, 5.41) is 0. The Balaban J connectivity index is 2.88. The summed E-state index contributed by atoms with van der Waals surface area (Å²) in [6.45, 7) is 8.86. The van der Waals surface area contributed by atoms with Crippen molar-refractivity contribution in [1.82, 2.24) is 0 Å². The molecule has 0 aromatic rings. The molecule has 0 heterocycles. The van der Waals surface area contributed by atoms with Crippen LogP contribution in [0.4, 0.5) is 0 Å². The highest BCUT2D eigenvalue weighted by molar-refractivity contribution is 5.20. The maximum atomic E-state index is 3.35. The zero-order chi connectivity index (χ0) is 7.02. The van der Waals surface area contributed by atoms with Gasteiger partial charge in [0, 0.05) is 0 Å². The van der Waals surface area contributed by atoms with E-state index in [-0.39, 0.29) is 0 Å². The highest BCUT2D eigenvalue weighted by Gasteiger charge is 2.19. The van der Waals surface area contributed by atoms with Crippen molar-refractivity contribution in [3.05, 3.63) is 16.9 Å². The maximum Gasteiger partial charge on any atom is -0.00893 e. The second kappa shape index (κ2) is 2.04. The minimum absolute atomic E-state index is 0.727. The topological polar surface area (TPSA) is 0 Å². The van der Waals surface area contributed by atoms with Crippen molar-refractivity contribution < 1.29 is 0 Å². The van der Waals surface area contributed by atoms with Crippen LogP contribution in [0.1, 0.15) is 27.7 Å². The maximum absolute atomic E-state index is 3.35. The molecule has 1 aliphatic carbocycles. The van der Waals surface area contributed by atoms with Crippen LogP contribution in [0, 0.1) is 11.8 Å². The van der Waals surface area contributed by atoms with Gasteiger partial charge in [0.2, 0.25) is 0 Å². The molecule has 0 aromatic heterocycles. The minimum atomic E-state index is 0.727. The van der Waals surface area contributed by atoms with Crippen LogP contribution in [0.3, 0.4) is 0 Å². The van der Waals surface area contributed by atoms with E-state index in [1.807, 2.05) is 0 Å². The molecule has 50 valence electrons. The smallest absolute Gasteiger partial charge is 0.00893 e. The lowest BCUT2D eigenvalue weighted by Gasteiger charge is -2.12. The van der Waals surface area contributed by atoms with Crippen LogP contribution < -0.4 is 0 Å². The lowest BCUT2D eigenvalue weighted by Crippen LogP contribution is -2.03. The van der Waals surface area contributed by atoms with Gasteiger partial charge in [0.1, 0.15) is 0 Å². The van der Waals surface area contributed by atoms with Crippen molar-refractivity contribution in [1.29, 1.82) is 0 Å². The van der Waals surface area contributed by atoms with E-state index < -0.39 is 0 Å². The Morgan fingerprint density at radius 1 is 1.00 bits per heavy atom. The van der Waals surface area contributed by atoms with Gasteiger partial charge in [0.25, 0.3) is 0 Å². The molecule has 0 saturated carbocycles. The average molecular weight is 122 g/mol. The van der Waals surface area contributed by atoms with Crippen molar-refractivity contribution >= 4 is 0 Å². The van der Waals surface area contributed by atoms with Crippen molar-refractivity contribution in [3.8, 4) is 0 Å². The van der Waals surface area contributed by atoms with Crippen LogP contribution in [-0.4, -0.2) is 0 Å². The highest BCUT2D eigenvalue weighted by Crippen LogP contribution is 2.30. The fraction of sp³-hybridized carbons (Fsp3) is 0.667. The SMILES string of the molecule is CC1=C=C(C)C(C)C1C. The van der Waals surface area contributed by atoms with Crippen LogP contribution in [0.5, 0.6) is 0 Å². The molecule has 1 rings (SSSR count). The first-order valence-electron chi connectivity index (χ1n) is 3.57. The molecule has 0 N–H and O–H groups in total. The van der Waals surface area contributed by atoms with Gasteiger partial charge in [0.15, 0.2) is 0 Å². The third-order valence-corrected chi connectivity index (χ3v) is 2.51. The summed E-state index contributed by atoms with van der Waals surface area (Å²) < 4.78 is 0. The van der Waals surface area contributed by atoms with Gasteiger partial charge in [-0.2, -0.15) is 0 Å². The number of hydrogen-bond acceptors (Lipinski definition) is 0. The molecule has 0 aromatic carbocycles. The third kappa shape index (κ3) is 0.951. The van der Waals surface area contributed by atoms with Crippen LogP contribution in [-0.2, 0) is 0 Å². The molecule has 0 amide bonds. The zero-order valence-electron chi connectivity index (χ0n) is 6.65. The molecular formula is C9H14. The van der Waals surface area contributed by atoms with E-state index in [0.717, 1.165) is 11.8 Å². The summed E-state index contributed by atoms with van der Waals surface area (Å²) in [6, 6.07) is 0. The highest BCUT2D eigenvalue weighted by atomic mass is 14.2. The molecule has 9 heavy (non-hydrogen) atoms. The Morgan fingerprint density at radius 2 is 1.33 bits per heavy atom. The molecule has 1 aliphatic rings. The standard InChI is InChI=1S/C9H14/c1-6-5-7(2)9(4)8(6)3/h8-9H,1-4H3. The lowest BCUT2D eigenvalue weighted by atomic mass is 9.92. The third-order valence-electron chi connectivity index (χ3n) is 2.51. The lowest BCUT2D eigenvalue weighted by molar-refractivity contribution is 0.526. The van der Waals surface area contributed by atoms with Crippen molar-refractivity contribution in [3.63, 3.8) is 0 Å². The Bertz CT molecular complexity index is 162. The van der Waals surface area contributed by atoms with Crippen molar-refractivity contribution in [2.75, 3.05) is 0 Å². The van der Waals surface area contributed by atoms with E-state index in [4.69, 9.17) is 0 Å². The van der Waals surface area contributed by atoms with Gasteiger partial charge in [-0.25, -0.2) is 0 Å². The van der Waals surface area contributed by atoms with Crippen LogP contribution in [0.2, 0.25) is 0 Å². The van der Waals surface area contributed by atoms with Gasteiger partial charge in [-0.15, -0.1) is 5.73 Å². The fourth-order valence-electron chi connectivity index (χ4n) is 1.29. The average Bonchev–Trinajstić information content (AvgIpc) is 1.98. The van der Waals surface area contributed by atoms with Gasteiger partial charge < -0.3 is 0 Å². The zero-order valence-corrected chi connectivity index (χ0v) is 6.65.